The number of nitrogens with one attached hydrogen (secondary N) is 1. The van der Waals surface area contributed by atoms with E-state index in [0.29, 0.717) is 10.7 Å². The summed E-state index contributed by atoms with van der Waals surface area (Å²) in [6.45, 7) is 1.94. The van der Waals surface area contributed by atoms with Crippen molar-refractivity contribution in [2.24, 2.45) is 0 Å². The first-order valence-corrected chi connectivity index (χ1v) is 9.07. The Bertz CT molecular complexity index is 761. The van der Waals surface area contributed by atoms with Crippen molar-refractivity contribution >= 4 is 29.2 Å². The van der Waals surface area contributed by atoms with E-state index < -0.39 is 11.7 Å². The molecule has 0 radical (unpaired) electrons. The summed E-state index contributed by atoms with van der Waals surface area (Å²) in [7, 11) is 0. The second kappa shape index (κ2) is 7.94. The lowest BCUT2D eigenvalue weighted by molar-refractivity contribution is -0.137. The van der Waals surface area contributed by atoms with Crippen LogP contribution in [0.2, 0.25) is 0 Å². The Labute approximate surface area is 153 Å². The summed E-state index contributed by atoms with van der Waals surface area (Å²) in [6.07, 6.45) is -0.633. The fraction of sp³-hybridized carbons (Fsp3) is 0.353. The molecule has 1 fully saturated rings. The van der Waals surface area contributed by atoms with Crippen molar-refractivity contribution in [2.75, 3.05) is 29.1 Å². The molecule has 3 rings (SSSR count). The van der Waals surface area contributed by atoms with Crippen LogP contribution in [0, 0.1) is 0 Å². The van der Waals surface area contributed by atoms with Crippen molar-refractivity contribution in [3.05, 3.63) is 42.2 Å². The highest BCUT2D eigenvalue weighted by Crippen LogP contribution is 2.30. The van der Waals surface area contributed by atoms with Crippen LogP contribution >= 0.6 is 11.8 Å². The highest BCUT2D eigenvalue weighted by Gasteiger charge is 2.30. The van der Waals surface area contributed by atoms with Gasteiger partial charge < -0.3 is 10.2 Å². The normalized spacial score (nSPS) is 14.5. The maximum Gasteiger partial charge on any atom is 0.416 e. The number of benzene rings is 1. The number of alkyl halides is 3. The molecule has 0 atom stereocenters. The first kappa shape index (κ1) is 18.5. The van der Waals surface area contributed by atoms with Gasteiger partial charge >= 0.3 is 6.18 Å². The van der Waals surface area contributed by atoms with Gasteiger partial charge in [-0.05, 0) is 37.1 Å². The summed E-state index contributed by atoms with van der Waals surface area (Å²) in [6, 6.07) is 6.20. The van der Waals surface area contributed by atoms with Gasteiger partial charge in [-0.1, -0.05) is 11.8 Å². The Kier molecular flexibility index (Phi) is 5.65. The molecule has 1 aromatic heterocycles. The van der Waals surface area contributed by atoms with Crippen molar-refractivity contribution < 1.29 is 18.0 Å². The predicted octanol–water partition coefficient (Wildman–Crippen LogP) is 3.83. The van der Waals surface area contributed by atoms with Crippen LogP contribution in [0.3, 0.4) is 0 Å². The van der Waals surface area contributed by atoms with Gasteiger partial charge in [0.05, 0.1) is 11.3 Å². The molecule has 138 valence electrons. The van der Waals surface area contributed by atoms with Crippen molar-refractivity contribution in [3.8, 4) is 0 Å². The van der Waals surface area contributed by atoms with Gasteiger partial charge in [-0.2, -0.15) is 13.2 Å². The molecule has 0 spiro atoms. The lowest BCUT2D eigenvalue weighted by Crippen LogP contribution is -2.19. The molecule has 2 heterocycles. The third-order valence-electron chi connectivity index (χ3n) is 3.90. The van der Waals surface area contributed by atoms with Gasteiger partial charge in [-0.3, -0.25) is 4.79 Å². The van der Waals surface area contributed by atoms with Gasteiger partial charge in [0.1, 0.15) is 17.2 Å². The Morgan fingerprint density at radius 2 is 1.85 bits per heavy atom. The smallest absolute Gasteiger partial charge is 0.356 e. The number of thioether (sulfide) groups is 1. The number of rotatable bonds is 5. The number of anilines is 2. The second-order valence-electron chi connectivity index (χ2n) is 5.82. The minimum atomic E-state index is -4.39. The molecule has 9 heteroatoms. The summed E-state index contributed by atoms with van der Waals surface area (Å²) in [5.41, 5.74) is -0.427. The standard InChI is InChI=1S/C17H17F3N4OS/c18-17(19,20)12-3-5-13(6-4-12)23-15(25)10-26-16-9-14(21-11-22-16)24-7-1-2-8-24/h3-6,9,11H,1-2,7-8,10H2,(H,23,25). The van der Waals surface area contributed by atoms with E-state index in [-0.39, 0.29) is 11.7 Å². The Balaban J connectivity index is 1.53. The molecular weight excluding hydrogens is 365 g/mol. The summed E-state index contributed by atoms with van der Waals surface area (Å²) < 4.78 is 37.6. The van der Waals surface area contributed by atoms with E-state index in [1.54, 1.807) is 0 Å². The number of amides is 1. The largest absolute Gasteiger partial charge is 0.416 e. The van der Waals surface area contributed by atoms with Gasteiger partial charge in [0.15, 0.2) is 0 Å². The van der Waals surface area contributed by atoms with E-state index in [4.69, 9.17) is 0 Å². The Morgan fingerprint density at radius 1 is 1.15 bits per heavy atom. The Hall–Kier alpha value is -2.29. The Morgan fingerprint density at radius 3 is 2.50 bits per heavy atom. The fourth-order valence-electron chi connectivity index (χ4n) is 2.61. The molecule has 0 bridgehead atoms. The molecule has 1 aromatic carbocycles. The third-order valence-corrected chi connectivity index (χ3v) is 4.83. The highest BCUT2D eigenvalue weighted by molar-refractivity contribution is 7.99. The third kappa shape index (κ3) is 4.87. The van der Waals surface area contributed by atoms with E-state index in [9.17, 15) is 18.0 Å². The molecule has 0 aliphatic carbocycles. The molecule has 2 aromatic rings. The number of aromatic nitrogens is 2. The zero-order valence-corrected chi connectivity index (χ0v) is 14.6. The summed E-state index contributed by atoms with van der Waals surface area (Å²) in [4.78, 5) is 22.6. The lowest BCUT2D eigenvalue weighted by Gasteiger charge is -2.16. The zero-order chi connectivity index (χ0) is 18.6. The molecule has 26 heavy (non-hydrogen) atoms. The van der Waals surface area contributed by atoms with Crippen molar-refractivity contribution in [3.63, 3.8) is 0 Å². The first-order valence-electron chi connectivity index (χ1n) is 8.09. The van der Waals surface area contributed by atoms with E-state index in [1.165, 1.54) is 30.2 Å². The molecule has 5 nitrogen and oxygen atoms in total. The zero-order valence-electron chi connectivity index (χ0n) is 13.8. The van der Waals surface area contributed by atoms with E-state index in [0.717, 1.165) is 43.9 Å². The fourth-order valence-corrected chi connectivity index (χ4v) is 3.27. The highest BCUT2D eigenvalue weighted by atomic mass is 32.2. The van der Waals surface area contributed by atoms with Gasteiger partial charge in [0.2, 0.25) is 5.91 Å². The maximum atomic E-state index is 12.5. The van der Waals surface area contributed by atoms with Gasteiger partial charge in [0, 0.05) is 24.8 Å². The number of hydrogen-bond acceptors (Lipinski definition) is 5. The number of nitrogens with zero attached hydrogens (tertiary/aromatic N) is 3. The minimum Gasteiger partial charge on any atom is -0.356 e. The summed E-state index contributed by atoms with van der Waals surface area (Å²) in [5.74, 6) is 0.650. The van der Waals surface area contributed by atoms with Gasteiger partial charge in [-0.15, -0.1) is 0 Å². The SMILES string of the molecule is O=C(CSc1cc(N2CCCC2)ncn1)Nc1ccc(C(F)(F)F)cc1. The van der Waals surface area contributed by atoms with E-state index >= 15 is 0 Å². The van der Waals surface area contributed by atoms with Crippen LogP contribution in [-0.2, 0) is 11.0 Å². The topological polar surface area (TPSA) is 58.1 Å². The molecular formula is C17H17F3N4OS. The quantitative estimate of drug-likeness (QED) is 0.629. The first-order chi connectivity index (χ1) is 12.4. The summed E-state index contributed by atoms with van der Waals surface area (Å²) in [5, 5.41) is 3.26. The van der Waals surface area contributed by atoms with E-state index in [2.05, 4.69) is 20.2 Å². The number of carbonyl (C=O) groups excluding carboxylic acids is 1. The van der Waals surface area contributed by atoms with Crippen LogP contribution in [-0.4, -0.2) is 34.7 Å². The molecule has 1 aliphatic rings. The number of halogens is 3. The van der Waals surface area contributed by atoms with Crippen LogP contribution in [0.25, 0.3) is 0 Å². The van der Waals surface area contributed by atoms with Crippen LogP contribution in [0.5, 0.6) is 0 Å². The minimum absolute atomic E-state index is 0.109. The van der Waals surface area contributed by atoms with Crippen molar-refractivity contribution in [1.82, 2.24) is 9.97 Å². The van der Waals surface area contributed by atoms with Crippen molar-refractivity contribution in [1.29, 1.82) is 0 Å². The maximum absolute atomic E-state index is 12.5. The number of carbonyl (C=O) groups is 1. The lowest BCUT2D eigenvalue weighted by atomic mass is 10.2. The van der Waals surface area contributed by atoms with E-state index in [1.807, 2.05) is 6.07 Å². The van der Waals surface area contributed by atoms with Gasteiger partial charge in [0.25, 0.3) is 0 Å². The van der Waals surface area contributed by atoms with Gasteiger partial charge in [-0.25, -0.2) is 9.97 Å². The van der Waals surface area contributed by atoms with Crippen LogP contribution in [0.1, 0.15) is 18.4 Å². The molecule has 1 amide bonds. The average Bonchev–Trinajstić information content (AvgIpc) is 3.15. The van der Waals surface area contributed by atoms with Crippen LogP contribution < -0.4 is 10.2 Å². The van der Waals surface area contributed by atoms with Crippen LogP contribution in [0.4, 0.5) is 24.7 Å². The molecule has 0 unspecified atom stereocenters. The monoisotopic (exact) mass is 382 g/mol. The predicted molar refractivity (Wildman–Crippen MR) is 94.3 cm³/mol. The van der Waals surface area contributed by atoms with Crippen molar-refractivity contribution in [2.45, 2.75) is 24.0 Å². The number of hydrogen-bond donors (Lipinski definition) is 1. The molecule has 1 N–H and O–H groups in total. The molecule has 1 aliphatic heterocycles. The molecule has 0 saturated carbocycles. The van der Waals surface area contributed by atoms with Crippen LogP contribution in [0.15, 0.2) is 41.7 Å². The average molecular weight is 382 g/mol. The second-order valence-corrected chi connectivity index (χ2v) is 6.82. The molecule has 1 saturated heterocycles. The summed E-state index contributed by atoms with van der Waals surface area (Å²) >= 11 is 1.26.